The van der Waals surface area contributed by atoms with Crippen LogP contribution in [0.2, 0.25) is 0 Å². The van der Waals surface area contributed by atoms with Crippen molar-refractivity contribution in [1.82, 2.24) is 29.4 Å². The van der Waals surface area contributed by atoms with E-state index in [2.05, 4.69) is 25.2 Å². The minimum atomic E-state index is -0.380. The summed E-state index contributed by atoms with van der Waals surface area (Å²) in [5.74, 6) is 0.416. The second-order valence-electron chi connectivity index (χ2n) is 7.74. The molecule has 0 aromatic carbocycles. The first-order chi connectivity index (χ1) is 14.9. The van der Waals surface area contributed by atoms with Crippen molar-refractivity contribution in [3.05, 3.63) is 61.9 Å². The molecule has 0 spiro atoms. The van der Waals surface area contributed by atoms with E-state index in [1.165, 1.54) is 11.6 Å². The number of pyridine rings is 1. The lowest BCUT2D eigenvalue weighted by Gasteiger charge is -2.36. The second kappa shape index (κ2) is 8.38. The Labute approximate surface area is 179 Å². The van der Waals surface area contributed by atoms with E-state index < -0.39 is 0 Å². The van der Waals surface area contributed by atoms with E-state index in [1.807, 2.05) is 13.0 Å². The van der Waals surface area contributed by atoms with Gasteiger partial charge in [0.1, 0.15) is 17.0 Å². The monoisotopic (exact) mass is 425 g/mol. The normalized spacial score (nSPS) is 14.9. The first kappa shape index (κ1) is 20.9. The number of piperazine rings is 1. The third-order valence-electron chi connectivity index (χ3n) is 5.89. The van der Waals surface area contributed by atoms with Crippen LogP contribution in [-0.4, -0.2) is 63.2 Å². The number of carbonyl (C=O) groups excluding carboxylic acids is 1. The molecule has 0 atom stereocenters. The van der Waals surface area contributed by atoms with Gasteiger partial charge in [0.15, 0.2) is 0 Å². The van der Waals surface area contributed by atoms with Gasteiger partial charge in [0.25, 0.3) is 17.0 Å². The van der Waals surface area contributed by atoms with Gasteiger partial charge in [-0.15, -0.1) is 0 Å². The van der Waals surface area contributed by atoms with E-state index in [4.69, 9.17) is 0 Å². The summed E-state index contributed by atoms with van der Waals surface area (Å²) in [7, 11) is 3.20. The Morgan fingerprint density at radius 2 is 1.90 bits per heavy atom. The molecule has 31 heavy (non-hydrogen) atoms. The summed E-state index contributed by atoms with van der Waals surface area (Å²) in [5.41, 5.74) is 2.19. The van der Waals surface area contributed by atoms with Crippen LogP contribution in [-0.2, 0) is 20.0 Å². The Morgan fingerprint density at radius 3 is 2.58 bits per heavy atom. The molecule has 3 aromatic heterocycles. The fourth-order valence-electron chi connectivity index (χ4n) is 4.02. The summed E-state index contributed by atoms with van der Waals surface area (Å²) in [4.78, 5) is 44.0. The average molecular weight is 425 g/mol. The lowest BCUT2D eigenvalue weighted by Crippen LogP contribution is -2.47. The van der Waals surface area contributed by atoms with Gasteiger partial charge in [0.05, 0.1) is 6.20 Å². The summed E-state index contributed by atoms with van der Waals surface area (Å²) < 4.78 is 3.26. The van der Waals surface area contributed by atoms with Crippen LogP contribution in [0.25, 0.3) is 5.65 Å². The highest BCUT2D eigenvalue weighted by Gasteiger charge is 2.22. The molecular formula is C21H27N7O3. The molecule has 164 valence electrons. The molecule has 2 N–H and O–H groups in total. The van der Waals surface area contributed by atoms with Gasteiger partial charge in [-0.25, -0.2) is 4.52 Å². The molecule has 1 amide bonds. The van der Waals surface area contributed by atoms with Crippen LogP contribution in [0.4, 0.5) is 5.82 Å². The Bertz CT molecular complexity index is 1230. The number of hydrogen-bond donors (Lipinski definition) is 2. The van der Waals surface area contributed by atoms with Crippen LogP contribution in [0.3, 0.4) is 0 Å². The molecule has 10 nitrogen and oxygen atoms in total. The fourth-order valence-corrected chi connectivity index (χ4v) is 4.02. The number of hydrogen-bond acceptors (Lipinski definition) is 6. The van der Waals surface area contributed by atoms with Gasteiger partial charge in [0.2, 0.25) is 0 Å². The summed E-state index contributed by atoms with van der Waals surface area (Å²) in [6.07, 6.45) is 4.26. The predicted octanol–water partition coefficient (Wildman–Crippen LogP) is -0.0345. The van der Waals surface area contributed by atoms with Gasteiger partial charge in [-0.2, -0.15) is 5.10 Å². The van der Waals surface area contributed by atoms with Gasteiger partial charge < -0.3 is 15.2 Å². The molecule has 0 bridgehead atoms. The maximum Gasteiger partial charge on any atom is 0.264 e. The van der Waals surface area contributed by atoms with Gasteiger partial charge in [0, 0.05) is 64.1 Å². The lowest BCUT2D eigenvalue weighted by molar-refractivity contribution is 0.0961. The first-order valence-electron chi connectivity index (χ1n) is 10.4. The van der Waals surface area contributed by atoms with Crippen molar-refractivity contribution in [1.29, 1.82) is 0 Å². The molecule has 0 radical (unpaired) electrons. The average Bonchev–Trinajstić information content (AvgIpc) is 3.16. The van der Waals surface area contributed by atoms with Crippen LogP contribution in [0.5, 0.6) is 0 Å². The SMILES string of the molecule is CCc1cn2ncc(CN3CCN(c4ccc(C(=O)NC)c(=O)n4C)CC3)c2[nH]c1=O. The van der Waals surface area contributed by atoms with E-state index in [-0.39, 0.29) is 22.6 Å². The molecule has 3 aromatic rings. The van der Waals surface area contributed by atoms with Crippen molar-refractivity contribution in [3.63, 3.8) is 0 Å². The molecule has 10 heteroatoms. The highest BCUT2D eigenvalue weighted by molar-refractivity contribution is 5.93. The molecule has 1 saturated heterocycles. The number of amides is 1. The molecule has 4 rings (SSSR count). The fraction of sp³-hybridized carbons (Fsp3) is 0.429. The summed E-state index contributed by atoms with van der Waals surface area (Å²) in [6, 6.07) is 3.41. The predicted molar refractivity (Wildman–Crippen MR) is 118 cm³/mol. The molecule has 0 saturated carbocycles. The molecule has 1 aliphatic rings. The minimum Gasteiger partial charge on any atom is -0.355 e. The van der Waals surface area contributed by atoms with Crippen molar-refractivity contribution in [2.75, 3.05) is 38.1 Å². The van der Waals surface area contributed by atoms with Crippen LogP contribution < -0.4 is 21.3 Å². The van der Waals surface area contributed by atoms with Crippen LogP contribution in [0.1, 0.15) is 28.4 Å². The Hall–Kier alpha value is -3.40. The summed E-state index contributed by atoms with van der Waals surface area (Å²) in [5, 5.41) is 6.88. The van der Waals surface area contributed by atoms with E-state index >= 15 is 0 Å². The minimum absolute atomic E-state index is 0.0670. The standard InChI is InChI=1S/C21H27N7O3/c1-4-14-13-28-18(24-19(14)29)15(11-23-28)12-26-7-9-27(10-8-26)17-6-5-16(20(30)22-2)21(31)25(17)3/h5-6,11,13H,4,7-10,12H2,1-3H3,(H,22,30)(H,24,29). The first-order valence-corrected chi connectivity index (χ1v) is 10.4. The van der Waals surface area contributed by atoms with Gasteiger partial charge >= 0.3 is 0 Å². The second-order valence-corrected chi connectivity index (χ2v) is 7.74. The maximum atomic E-state index is 12.5. The van der Waals surface area contributed by atoms with Gasteiger partial charge in [-0.1, -0.05) is 6.92 Å². The van der Waals surface area contributed by atoms with Gasteiger partial charge in [-0.05, 0) is 18.6 Å². The largest absolute Gasteiger partial charge is 0.355 e. The number of nitrogens with one attached hydrogen (secondary N) is 2. The molecule has 1 fully saturated rings. The number of rotatable bonds is 5. The number of nitrogens with zero attached hydrogens (tertiary/aromatic N) is 5. The molecule has 0 unspecified atom stereocenters. The number of aryl methyl sites for hydroxylation is 1. The lowest BCUT2D eigenvalue weighted by atomic mass is 10.2. The quantitative estimate of drug-likeness (QED) is 0.594. The Kier molecular flexibility index (Phi) is 5.64. The summed E-state index contributed by atoms with van der Waals surface area (Å²) in [6.45, 7) is 5.75. The number of fused-ring (bicyclic) bond motifs is 1. The molecular weight excluding hydrogens is 398 g/mol. The molecule has 1 aliphatic heterocycles. The Morgan fingerprint density at radius 1 is 1.16 bits per heavy atom. The Balaban J connectivity index is 1.46. The zero-order valence-corrected chi connectivity index (χ0v) is 18.0. The third-order valence-corrected chi connectivity index (χ3v) is 5.89. The van der Waals surface area contributed by atoms with Crippen LogP contribution in [0, 0.1) is 0 Å². The third kappa shape index (κ3) is 3.86. The number of carbonyl (C=O) groups is 1. The van der Waals surface area contributed by atoms with Crippen molar-refractivity contribution < 1.29 is 4.79 Å². The summed E-state index contributed by atoms with van der Waals surface area (Å²) >= 11 is 0. The van der Waals surface area contributed by atoms with E-state index in [0.717, 1.165) is 43.2 Å². The van der Waals surface area contributed by atoms with Crippen molar-refractivity contribution >= 4 is 17.4 Å². The van der Waals surface area contributed by atoms with E-state index in [1.54, 1.807) is 30.0 Å². The van der Waals surface area contributed by atoms with Gasteiger partial charge in [-0.3, -0.25) is 23.9 Å². The van der Waals surface area contributed by atoms with Crippen molar-refractivity contribution in [3.8, 4) is 0 Å². The topological polar surface area (TPSA) is 108 Å². The maximum absolute atomic E-state index is 12.5. The van der Waals surface area contributed by atoms with Crippen molar-refractivity contribution in [2.45, 2.75) is 19.9 Å². The van der Waals surface area contributed by atoms with Crippen LogP contribution >= 0.6 is 0 Å². The van der Waals surface area contributed by atoms with E-state index in [9.17, 15) is 14.4 Å². The smallest absolute Gasteiger partial charge is 0.264 e. The number of H-pyrrole nitrogens is 1. The highest BCUT2D eigenvalue weighted by Crippen LogP contribution is 2.17. The number of anilines is 1. The molecule has 0 aliphatic carbocycles. The highest BCUT2D eigenvalue weighted by atomic mass is 16.2. The zero-order valence-electron chi connectivity index (χ0n) is 18.0. The van der Waals surface area contributed by atoms with Crippen molar-refractivity contribution in [2.24, 2.45) is 7.05 Å². The van der Waals surface area contributed by atoms with Crippen LogP contribution in [0.15, 0.2) is 34.1 Å². The molecule has 4 heterocycles. The van der Waals surface area contributed by atoms with E-state index in [0.29, 0.717) is 18.5 Å². The zero-order chi connectivity index (χ0) is 22.1. The number of aromatic amines is 1. The number of aromatic nitrogens is 4.